The van der Waals surface area contributed by atoms with Crippen LogP contribution in [0.1, 0.15) is 62.2 Å². The minimum Gasteiger partial charge on any atom is -0.464 e. The lowest BCUT2D eigenvalue weighted by atomic mass is 9.99. The van der Waals surface area contributed by atoms with E-state index < -0.39 is 12.0 Å². The number of Topliss-reactive ketones (excluding diaryl/α,β-unsaturated/α-hetero) is 1. The van der Waals surface area contributed by atoms with Crippen LogP contribution in [0, 0.1) is 13.8 Å². The second-order valence-corrected chi connectivity index (χ2v) is 7.91. The summed E-state index contributed by atoms with van der Waals surface area (Å²) in [5.41, 5.74) is 2.56. The Morgan fingerprint density at radius 3 is 2.28 bits per heavy atom. The normalized spacial score (nSPS) is 14.4. The Bertz CT molecular complexity index is 974. The van der Waals surface area contributed by atoms with Gasteiger partial charge in [-0.1, -0.05) is 11.6 Å². The molecule has 0 spiro atoms. The fraction of sp³-hybridized carbons (Fsp3) is 0.409. The van der Waals surface area contributed by atoms with Crippen molar-refractivity contribution in [2.24, 2.45) is 7.05 Å². The van der Waals surface area contributed by atoms with E-state index >= 15 is 0 Å². The quantitative estimate of drug-likeness (QED) is 0.528. The molecule has 1 aliphatic carbocycles. The van der Waals surface area contributed by atoms with Crippen LogP contribution in [0.25, 0.3) is 0 Å². The number of carbonyl (C=O) groups is 3. The molecule has 2 aromatic rings. The number of benzene rings is 1. The lowest BCUT2D eigenvalue weighted by Crippen LogP contribution is -2.45. The summed E-state index contributed by atoms with van der Waals surface area (Å²) in [5.74, 6) is -0.861. The smallest absolute Gasteiger partial charge is 0.354 e. The zero-order valence-electron chi connectivity index (χ0n) is 17.3. The molecule has 0 saturated heterocycles. The van der Waals surface area contributed by atoms with E-state index in [0.29, 0.717) is 33.1 Å². The largest absolute Gasteiger partial charge is 0.464 e. The Morgan fingerprint density at radius 1 is 1.17 bits per heavy atom. The first-order valence-corrected chi connectivity index (χ1v) is 9.93. The number of esters is 1. The molecular weight excluding hydrogens is 392 g/mol. The van der Waals surface area contributed by atoms with Crippen LogP contribution in [0.5, 0.6) is 0 Å². The van der Waals surface area contributed by atoms with Crippen LogP contribution in [-0.2, 0) is 11.8 Å². The topological polar surface area (TPSA) is 68.6 Å². The summed E-state index contributed by atoms with van der Waals surface area (Å²) in [4.78, 5) is 40.4. The first-order chi connectivity index (χ1) is 13.7. The number of ketones is 1. The van der Waals surface area contributed by atoms with Crippen molar-refractivity contribution in [2.75, 3.05) is 7.11 Å². The van der Waals surface area contributed by atoms with Crippen molar-refractivity contribution in [1.82, 2.24) is 9.47 Å². The van der Waals surface area contributed by atoms with Gasteiger partial charge in [0.1, 0.15) is 5.69 Å². The summed E-state index contributed by atoms with van der Waals surface area (Å²) in [6.07, 6.45) is 1.74. The number of nitrogens with zero attached hydrogens (tertiary/aromatic N) is 2. The number of halogens is 1. The van der Waals surface area contributed by atoms with E-state index in [1.807, 2.05) is 0 Å². The standard InChI is InChI=1S/C22H25ClN2O4/c1-12-18(13(2)24(4)19(12)22(28)29-5)20(26)14(3)25(17-10-11-17)21(27)15-6-8-16(23)9-7-15/h6-9,14,17H,10-11H2,1-5H3/t14-/m0/s1. The summed E-state index contributed by atoms with van der Waals surface area (Å²) >= 11 is 5.93. The molecule has 1 heterocycles. The summed E-state index contributed by atoms with van der Waals surface area (Å²) in [5, 5.41) is 0.550. The van der Waals surface area contributed by atoms with Gasteiger partial charge < -0.3 is 14.2 Å². The third-order valence-electron chi connectivity index (χ3n) is 5.62. The van der Waals surface area contributed by atoms with E-state index in [9.17, 15) is 14.4 Å². The molecule has 3 rings (SSSR count). The summed E-state index contributed by atoms with van der Waals surface area (Å²) < 4.78 is 6.53. The Morgan fingerprint density at radius 2 is 1.76 bits per heavy atom. The highest BCUT2D eigenvalue weighted by Gasteiger charge is 2.40. The Labute approximate surface area is 175 Å². The number of hydrogen-bond donors (Lipinski definition) is 0. The summed E-state index contributed by atoms with van der Waals surface area (Å²) in [6, 6.07) is 6.07. The van der Waals surface area contributed by atoms with E-state index in [1.54, 1.807) is 61.6 Å². The van der Waals surface area contributed by atoms with Gasteiger partial charge in [-0.2, -0.15) is 0 Å². The van der Waals surface area contributed by atoms with Gasteiger partial charge >= 0.3 is 5.97 Å². The number of rotatable bonds is 6. The van der Waals surface area contributed by atoms with Gasteiger partial charge in [0.15, 0.2) is 5.78 Å². The molecule has 7 heteroatoms. The van der Waals surface area contributed by atoms with Crippen molar-refractivity contribution in [1.29, 1.82) is 0 Å². The van der Waals surface area contributed by atoms with E-state index in [0.717, 1.165) is 12.8 Å². The third kappa shape index (κ3) is 3.81. The van der Waals surface area contributed by atoms with Crippen LogP contribution in [0.4, 0.5) is 0 Å². The molecule has 154 valence electrons. The number of aromatic nitrogens is 1. The van der Waals surface area contributed by atoms with Crippen molar-refractivity contribution in [2.45, 2.75) is 45.7 Å². The molecule has 1 aromatic carbocycles. The van der Waals surface area contributed by atoms with Crippen LogP contribution >= 0.6 is 11.6 Å². The van der Waals surface area contributed by atoms with Crippen LogP contribution in [0.15, 0.2) is 24.3 Å². The van der Waals surface area contributed by atoms with Crippen LogP contribution in [0.3, 0.4) is 0 Å². The highest BCUT2D eigenvalue weighted by atomic mass is 35.5. The van der Waals surface area contributed by atoms with Gasteiger partial charge in [-0.25, -0.2) is 4.79 Å². The molecule has 29 heavy (non-hydrogen) atoms. The van der Waals surface area contributed by atoms with Gasteiger partial charge in [-0.3, -0.25) is 9.59 Å². The van der Waals surface area contributed by atoms with E-state index in [2.05, 4.69) is 0 Å². The van der Waals surface area contributed by atoms with Crippen LogP contribution in [0.2, 0.25) is 5.02 Å². The Kier molecular flexibility index (Phi) is 5.85. The predicted octanol–water partition coefficient (Wildman–Crippen LogP) is 3.96. The maximum Gasteiger partial charge on any atom is 0.354 e. The number of amides is 1. The number of hydrogen-bond acceptors (Lipinski definition) is 4. The third-order valence-corrected chi connectivity index (χ3v) is 5.87. The zero-order chi connectivity index (χ0) is 21.5. The average Bonchev–Trinajstić information content (AvgIpc) is 3.49. The second-order valence-electron chi connectivity index (χ2n) is 7.48. The van der Waals surface area contributed by atoms with Gasteiger partial charge in [-0.15, -0.1) is 0 Å². The fourth-order valence-corrected chi connectivity index (χ4v) is 3.94. The van der Waals surface area contributed by atoms with Gasteiger partial charge in [0.25, 0.3) is 5.91 Å². The Balaban J connectivity index is 1.97. The van der Waals surface area contributed by atoms with Crippen molar-refractivity contribution in [3.63, 3.8) is 0 Å². The maximum atomic E-state index is 13.4. The molecule has 0 aliphatic heterocycles. The molecule has 1 amide bonds. The molecule has 1 fully saturated rings. The summed E-state index contributed by atoms with van der Waals surface area (Å²) in [7, 11) is 3.04. The molecule has 6 nitrogen and oxygen atoms in total. The Hall–Kier alpha value is -2.60. The number of carbonyl (C=O) groups excluding carboxylic acids is 3. The zero-order valence-corrected chi connectivity index (χ0v) is 18.0. The van der Waals surface area contributed by atoms with Gasteiger partial charge in [0.05, 0.1) is 13.2 Å². The summed E-state index contributed by atoms with van der Waals surface area (Å²) in [6.45, 7) is 5.28. The molecule has 1 aromatic heterocycles. The van der Waals surface area contributed by atoms with Crippen molar-refractivity contribution in [3.05, 3.63) is 57.4 Å². The van der Waals surface area contributed by atoms with Crippen molar-refractivity contribution < 1.29 is 19.1 Å². The van der Waals surface area contributed by atoms with E-state index in [-0.39, 0.29) is 17.7 Å². The minimum absolute atomic E-state index is 0.0431. The predicted molar refractivity (Wildman–Crippen MR) is 111 cm³/mol. The van der Waals surface area contributed by atoms with Gasteiger partial charge in [0.2, 0.25) is 0 Å². The molecule has 1 atom stereocenters. The van der Waals surface area contributed by atoms with Crippen molar-refractivity contribution in [3.8, 4) is 0 Å². The number of ether oxygens (including phenoxy) is 1. The lowest BCUT2D eigenvalue weighted by Gasteiger charge is -2.29. The van der Waals surface area contributed by atoms with Crippen molar-refractivity contribution >= 4 is 29.3 Å². The maximum absolute atomic E-state index is 13.4. The molecule has 0 unspecified atom stereocenters. The monoisotopic (exact) mass is 416 g/mol. The molecule has 1 saturated carbocycles. The van der Waals surface area contributed by atoms with E-state index in [4.69, 9.17) is 16.3 Å². The van der Waals surface area contributed by atoms with E-state index in [1.165, 1.54) is 7.11 Å². The molecular formula is C22H25ClN2O4. The lowest BCUT2D eigenvalue weighted by molar-refractivity contribution is 0.0587. The van der Waals surface area contributed by atoms with Gasteiger partial charge in [-0.05, 0) is 63.4 Å². The average molecular weight is 417 g/mol. The highest BCUT2D eigenvalue weighted by molar-refractivity contribution is 6.30. The number of methoxy groups -OCH3 is 1. The van der Waals surface area contributed by atoms with Gasteiger partial charge in [0, 0.05) is 34.9 Å². The highest BCUT2D eigenvalue weighted by Crippen LogP contribution is 2.33. The fourth-order valence-electron chi connectivity index (χ4n) is 3.81. The second kappa shape index (κ2) is 8.03. The molecule has 1 aliphatic rings. The molecule has 0 N–H and O–H groups in total. The molecule has 0 bridgehead atoms. The molecule has 0 radical (unpaired) electrons. The first-order valence-electron chi connectivity index (χ1n) is 9.55. The van der Waals surface area contributed by atoms with Crippen LogP contribution in [-0.4, -0.2) is 46.3 Å². The minimum atomic E-state index is -0.657. The van der Waals surface area contributed by atoms with Crippen LogP contribution < -0.4 is 0 Å². The SMILES string of the molecule is COC(=O)c1c(C)c(C(=O)[C@H](C)N(C(=O)c2ccc(Cl)cc2)C2CC2)c(C)n1C. The first kappa shape index (κ1) is 21.1.